The zero-order valence-electron chi connectivity index (χ0n) is 5.87. The Labute approximate surface area is 58.4 Å². The lowest BCUT2D eigenvalue weighted by Crippen LogP contribution is -1.96. The number of imidazole rings is 1. The summed E-state index contributed by atoms with van der Waals surface area (Å²) in [5.41, 5.74) is 0.717. The second-order valence-electron chi connectivity index (χ2n) is 1.96. The lowest BCUT2D eigenvalue weighted by molar-refractivity contribution is -0.121. The largest absolute Gasteiger partial charge is 0.409 e. The van der Waals surface area contributed by atoms with E-state index >= 15 is 0 Å². The molecule has 1 heterocycles. The molecule has 0 aliphatic rings. The summed E-state index contributed by atoms with van der Waals surface area (Å²) in [5.74, 6) is 0.495. The minimum absolute atomic E-state index is 0.393. The molecule has 4 nitrogen and oxygen atoms in total. The van der Waals surface area contributed by atoms with Gasteiger partial charge in [-0.15, -0.1) is 0 Å². The topological polar surface area (TPSA) is 44.1 Å². The molecule has 54 valence electrons. The number of carbonyl (C=O) groups excluding carboxylic acids is 1. The van der Waals surface area contributed by atoms with E-state index in [1.54, 1.807) is 24.9 Å². The van der Waals surface area contributed by atoms with E-state index in [4.69, 9.17) is 0 Å². The van der Waals surface area contributed by atoms with Crippen molar-refractivity contribution in [3.05, 3.63) is 12.0 Å². The van der Waals surface area contributed by atoms with Crippen LogP contribution in [0.1, 0.15) is 5.69 Å². The van der Waals surface area contributed by atoms with Gasteiger partial charge in [0.05, 0.1) is 12.0 Å². The fourth-order valence-electron chi connectivity index (χ4n) is 0.750. The lowest BCUT2D eigenvalue weighted by Gasteiger charge is -1.97. The van der Waals surface area contributed by atoms with E-state index in [-0.39, 0.29) is 0 Å². The SMILES string of the molecule is Cc1ncn(C)c1OC=O. The van der Waals surface area contributed by atoms with Gasteiger partial charge in [-0.3, -0.25) is 4.79 Å². The van der Waals surface area contributed by atoms with Gasteiger partial charge in [0, 0.05) is 7.05 Å². The third-order valence-electron chi connectivity index (χ3n) is 1.21. The summed E-state index contributed by atoms with van der Waals surface area (Å²) in [6.45, 7) is 2.17. The summed E-state index contributed by atoms with van der Waals surface area (Å²) >= 11 is 0. The Bertz CT molecular complexity index is 222. The molecule has 0 bridgehead atoms. The summed E-state index contributed by atoms with van der Waals surface area (Å²) < 4.78 is 6.27. The van der Waals surface area contributed by atoms with E-state index in [9.17, 15) is 4.79 Å². The molecule has 0 fully saturated rings. The van der Waals surface area contributed by atoms with Crippen molar-refractivity contribution in [1.82, 2.24) is 9.55 Å². The molecule has 0 aromatic carbocycles. The molecule has 0 atom stereocenters. The second kappa shape index (κ2) is 2.51. The van der Waals surface area contributed by atoms with Gasteiger partial charge in [0.2, 0.25) is 5.88 Å². The fourth-order valence-corrected chi connectivity index (χ4v) is 0.750. The van der Waals surface area contributed by atoms with Crippen LogP contribution in [0.15, 0.2) is 6.33 Å². The summed E-state index contributed by atoms with van der Waals surface area (Å²) in [6, 6.07) is 0. The van der Waals surface area contributed by atoms with Crippen molar-refractivity contribution in [3.63, 3.8) is 0 Å². The smallest absolute Gasteiger partial charge is 0.299 e. The second-order valence-corrected chi connectivity index (χ2v) is 1.96. The van der Waals surface area contributed by atoms with Crippen LogP contribution in [-0.4, -0.2) is 16.0 Å². The molecule has 0 N–H and O–H groups in total. The number of rotatable bonds is 2. The predicted molar refractivity (Wildman–Crippen MR) is 34.6 cm³/mol. The van der Waals surface area contributed by atoms with Crippen molar-refractivity contribution >= 4 is 6.47 Å². The van der Waals surface area contributed by atoms with Crippen LogP contribution in [0.3, 0.4) is 0 Å². The van der Waals surface area contributed by atoms with E-state index in [2.05, 4.69) is 9.72 Å². The Morgan fingerprint density at radius 1 is 1.80 bits per heavy atom. The van der Waals surface area contributed by atoms with Crippen LogP contribution in [0.5, 0.6) is 5.88 Å². The number of hydrogen-bond acceptors (Lipinski definition) is 3. The van der Waals surface area contributed by atoms with Gasteiger partial charge < -0.3 is 9.30 Å². The monoisotopic (exact) mass is 140 g/mol. The Balaban J connectivity index is 2.97. The van der Waals surface area contributed by atoms with E-state index in [1.807, 2.05) is 0 Å². The maximum absolute atomic E-state index is 9.91. The molecule has 1 aromatic rings. The minimum atomic E-state index is 0.393. The zero-order chi connectivity index (χ0) is 7.56. The highest BCUT2D eigenvalue weighted by Gasteiger charge is 2.03. The van der Waals surface area contributed by atoms with Crippen LogP contribution in [0.2, 0.25) is 0 Å². The zero-order valence-corrected chi connectivity index (χ0v) is 5.87. The highest BCUT2D eigenvalue weighted by Crippen LogP contribution is 2.12. The first-order chi connectivity index (χ1) is 4.75. The van der Waals surface area contributed by atoms with Crippen LogP contribution in [-0.2, 0) is 11.8 Å². The number of nitrogens with zero attached hydrogens (tertiary/aromatic N) is 2. The number of hydrogen-bond donors (Lipinski definition) is 0. The molecule has 0 radical (unpaired) electrons. The van der Waals surface area contributed by atoms with Crippen LogP contribution in [0, 0.1) is 6.92 Å². The predicted octanol–water partition coefficient (Wildman–Crippen LogP) is 0.264. The highest BCUT2D eigenvalue weighted by atomic mass is 16.5. The van der Waals surface area contributed by atoms with Crippen LogP contribution in [0.25, 0.3) is 0 Å². The molecular weight excluding hydrogens is 132 g/mol. The van der Waals surface area contributed by atoms with Crippen LogP contribution >= 0.6 is 0 Å². The van der Waals surface area contributed by atoms with Crippen molar-refractivity contribution in [3.8, 4) is 5.88 Å². The van der Waals surface area contributed by atoms with Gasteiger partial charge in [-0.1, -0.05) is 0 Å². The fraction of sp³-hybridized carbons (Fsp3) is 0.333. The molecule has 0 aliphatic heterocycles. The third kappa shape index (κ3) is 1.00. The van der Waals surface area contributed by atoms with Gasteiger partial charge in [0.25, 0.3) is 6.47 Å². The van der Waals surface area contributed by atoms with Gasteiger partial charge in [-0.05, 0) is 6.92 Å². The van der Waals surface area contributed by atoms with Crippen LogP contribution < -0.4 is 4.74 Å². The first-order valence-corrected chi connectivity index (χ1v) is 2.84. The van der Waals surface area contributed by atoms with Crippen molar-refractivity contribution in [2.24, 2.45) is 7.05 Å². The molecule has 10 heavy (non-hydrogen) atoms. The molecule has 0 aliphatic carbocycles. The Morgan fingerprint density at radius 2 is 2.50 bits per heavy atom. The molecule has 1 aromatic heterocycles. The van der Waals surface area contributed by atoms with Gasteiger partial charge in [-0.25, -0.2) is 4.98 Å². The Hall–Kier alpha value is -1.32. The number of aromatic nitrogens is 2. The summed E-state index contributed by atoms with van der Waals surface area (Å²) in [7, 11) is 1.76. The number of ether oxygens (including phenoxy) is 1. The summed E-state index contributed by atoms with van der Waals surface area (Å²) in [4.78, 5) is 13.8. The lowest BCUT2D eigenvalue weighted by atomic mass is 10.5. The van der Waals surface area contributed by atoms with Crippen molar-refractivity contribution in [1.29, 1.82) is 0 Å². The first-order valence-electron chi connectivity index (χ1n) is 2.84. The molecule has 0 spiro atoms. The standard InChI is InChI=1S/C6H8N2O2/c1-5-6(10-4-9)8(2)3-7-5/h3-4H,1-2H3. The molecule has 0 amide bonds. The summed E-state index contributed by atoms with van der Waals surface area (Å²) in [6.07, 6.45) is 1.59. The molecule has 0 unspecified atom stereocenters. The van der Waals surface area contributed by atoms with Gasteiger partial charge in [0.1, 0.15) is 0 Å². The maximum Gasteiger partial charge on any atom is 0.299 e. The molecular formula is C6H8N2O2. The van der Waals surface area contributed by atoms with Crippen molar-refractivity contribution in [2.75, 3.05) is 0 Å². The van der Waals surface area contributed by atoms with Gasteiger partial charge in [-0.2, -0.15) is 0 Å². The van der Waals surface area contributed by atoms with Gasteiger partial charge >= 0.3 is 0 Å². The third-order valence-corrected chi connectivity index (χ3v) is 1.21. The normalized spacial score (nSPS) is 9.40. The quantitative estimate of drug-likeness (QED) is 0.553. The van der Waals surface area contributed by atoms with E-state index in [1.165, 1.54) is 0 Å². The van der Waals surface area contributed by atoms with E-state index < -0.39 is 0 Å². The Kier molecular flexibility index (Phi) is 1.71. The summed E-state index contributed by atoms with van der Waals surface area (Å²) in [5, 5.41) is 0. The Morgan fingerprint density at radius 3 is 2.90 bits per heavy atom. The average molecular weight is 140 g/mol. The van der Waals surface area contributed by atoms with E-state index in [0.717, 1.165) is 5.69 Å². The molecule has 0 saturated carbocycles. The molecule has 4 heteroatoms. The van der Waals surface area contributed by atoms with Crippen molar-refractivity contribution < 1.29 is 9.53 Å². The molecule has 1 rings (SSSR count). The number of aryl methyl sites for hydroxylation is 2. The highest BCUT2D eigenvalue weighted by molar-refractivity contribution is 5.44. The maximum atomic E-state index is 9.91. The first kappa shape index (κ1) is 6.80. The van der Waals surface area contributed by atoms with Crippen molar-refractivity contribution in [2.45, 2.75) is 6.92 Å². The van der Waals surface area contributed by atoms with E-state index in [0.29, 0.717) is 12.4 Å². The van der Waals surface area contributed by atoms with Crippen LogP contribution in [0.4, 0.5) is 0 Å². The van der Waals surface area contributed by atoms with Gasteiger partial charge in [0.15, 0.2) is 0 Å². The average Bonchev–Trinajstić information content (AvgIpc) is 2.20. The minimum Gasteiger partial charge on any atom is -0.409 e. The number of carbonyl (C=O) groups is 1. The molecule has 0 saturated heterocycles.